The Morgan fingerprint density at radius 3 is 2.63 bits per heavy atom. The van der Waals surface area contributed by atoms with E-state index >= 15 is 0 Å². The molecule has 1 amide bonds. The van der Waals surface area contributed by atoms with Crippen LogP contribution in [-0.4, -0.2) is 88.1 Å². The van der Waals surface area contributed by atoms with Gasteiger partial charge in [0.2, 0.25) is 17.8 Å². The summed E-state index contributed by atoms with van der Waals surface area (Å²) in [6.45, 7) is 8.28. The summed E-state index contributed by atoms with van der Waals surface area (Å²) in [7, 11) is 3.93. The number of aromatic nitrogens is 5. The van der Waals surface area contributed by atoms with Gasteiger partial charge in [0.05, 0.1) is 25.1 Å². The Morgan fingerprint density at radius 1 is 1.06 bits per heavy atom. The van der Waals surface area contributed by atoms with Gasteiger partial charge in [-0.3, -0.25) is 9.78 Å². The van der Waals surface area contributed by atoms with E-state index in [9.17, 15) is 4.79 Å². The number of amides is 1. The lowest BCUT2D eigenvalue weighted by molar-refractivity contribution is -0.169. The van der Waals surface area contributed by atoms with E-state index in [2.05, 4.69) is 41.5 Å². The van der Waals surface area contributed by atoms with Crippen LogP contribution in [0.15, 0.2) is 73.1 Å². The van der Waals surface area contributed by atoms with Crippen LogP contribution in [0.25, 0.3) is 27.7 Å². The van der Waals surface area contributed by atoms with Crippen LogP contribution in [0.1, 0.15) is 43.7 Å². The predicted molar refractivity (Wildman–Crippen MR) is 192 cm³/mol. The fourth-order valence-corrected chi connectivity index (χ4v) is 6.48. The number of ether oxygens (including phenoxy) is 2. The molecule has 2 N–H and O–H groups in total. The van der Waals surface area contributed by atoms with E-state index in [1.54, 1.807) is 10.6 Å². The molecule has 5 aromatic rings. The van der Waals surface area contributed by atoms with Crippen LogP contribution in [0.2, 0.25) is 0 Å². The van der Waals surface area contributed by atoms with Gasteiger partial charge in [0, 0.05) is 73.5 Å². The molecule has 5 heterocycles. The molecule has 2 fully saturated rings. The smallest absolute Gasteiger partial charge is 0.248 e. The second-order valence-corrected chi connectivity index (χ2v) is 13.2. The molecule has 0 radical (unpaired) electrons. The van der Waals surface area contributed by atoms with Crippen LogP contribution in [-0.2, 0) is 20.8 Å². The molecule has 0 bridgehead atoms. The maximum atomic E-state index is 12.5. The summed E-state index contributed by atoms with van der Waals surface area (Å²) in [5.41, 5.74) is 5.54. The Bertz CT molecular complexity index is 1990. The van der Waals surface area contributed by atoms with E-state index in [0.717, 1.165) is 70.4 Å². The van der Waals surface area contributed by atoms with Crippen molar-refractivity contribution in [3.8, 4) is 11.3 Å². The highest BCUT2D eigenvalue weighted by molar-refractivity contribution is 6.02. The average Bonchev–Trinajstić information content (AvgIpc) is 3.75. The van der Waals surface area contributed by atoms with Gasteiger partial charge < -0.3 is 29.9 Å². The molecular formula is C37H43N9O3. The van der Waals surface area contributed by atoms with Gasteiger partial charge in [-0.15, -0.1) is 0 Å². The molecule has 0 aliphatic carbocycles. The molecule has 0 atom stereocenters. The molecule has 49 heavy (non-hydrogen) atoms. The molecule has 2 aliphatic heterocycles. The standard InChI is InChI=1S/C37H43N9O3/c1-25(2)31-24-40-46-34(31)42-36(45-18-14-37(15-19-45)48-20-21-49-37)43-35(46)39-23-27-8-5-6-9-29(27)33-30-12-11-28(22-26(30)13-16-38-33)41-32(47)10-7-17-44(3)4/h5-13,16,22,24-25H,14-15,17-21,23H2,1-4H3,(H,41,47)(H,39,42,43)/b10-7+. The van der Waals surface area contributed by atoms with Crippen LogP contribution in [0.4, 0.5) is 17.6 Å². The molecule has 0 unspecified atom stereocenters. The van der Waals surface area contributed by atoms with Gasteiger partial charge in [-0.05, 0) is 49.2 Å². The van der Waals surface area contributed by atoms with Crippen molar-refractivity contribution in [1.29, 1.82) is 0 Å². The van der Waals surface area contributed by atoms with E-state index in [4.69, 9.17) is 29.5 Å². The lowest BCUT2D eigenvalue weighted by Crippen LogP contribution is -2.45. The molecule has 3 aromatic heterocycles. The molecule has 254 valence electrons. The molecule has 1 spiro atoms. The van der Waals surface area contributed by atoms with Crippen molar-refractivity contribution in [2.24, 2.45) is 0 Å². The van der Waals surface area contributed by atoms with Gasteiger partial charge in [0.15, 0.2) is 11.4 Å². The van der Waals surface area contributed by atoms with Gasteiger partial charge in [-0.25, -0.2) is 0 Å². The summed E-state index contributed by atoms with van der Waals surface area (Å²) in [6, 6.07) is 16.1. The fraction of sp³-hybridized carbons (Fsp3) is 0.378. The minimum atomic E-state index is -0.473. The molecule has 2 aliphatic rings. The van der Waals surface area contributed by atoms with E-state index in [-0.39, 0.29) is 11.8 Å². The molecule has 2 aromatic carbocycles. The first kappa shape index (κ1) is 32.6. The number of fused-ring (bicyclic) bond motifs is 2. The lowest BCUT2D eigenvalue weighted by atomic mass is 9.99. The fourth-order valence-electron chi connectivity index (χ4n) is 6.48. The van der Waals surface area contributed by atoms with Gasteiger partial charge in [0.1, 0.15) is 0 Å². The number of carbonyl (C=O) groups excluding carboxylic acids is 1. The number of nitrogens with zero attached hydrogens (tertiary/aromatic N) is 7. The Kier molecular flexibility index (Phi) is 9.26. The summed E-state index contributed by atoms with van der Waals surface area (Å²) in [5.74, 6) is 0.920. The number of likely N-dealkylation sites (N-methyl/N-ethyl adjacent to an activating group) is 1. The topological polar surface area (TPSA) is 122 Å². The number of carbonyl (C=O) groups is 1. The van der Waals surface area contributed by atoms with Crippen molar-refractivity contribution in [1.82, 2.24) is 29.5 Å². The minimum Gasteiger partial charge on any atom is -0.350 e. The number of piperidine rings is 1. The zero-order valence-corrected chi connectivity index (χ0v) is 28.5. The quantitative estimate of drug-likeness (QED) is 0.186. The monoisotopic (exact) mass is 661 g/mol. The van der Waals surface area contributed by atoms with Crippen LogP contribution in [0.5, 0.6) is 0 Å². The van der Waals surface area contributed by atoms with Gasteiger partial charge in [0.25, 0.3) is 0 Å². The van der Waals surface area contributed by atoms with Crippen LogP contribution < -0.4 is 15.5 Å². The Morgan fingerprint density at radius 2 is 1.86 bits per heavy atom. The SMILES string of the molecule is CC(C)c1cnn2c(NCc3ccccc3-c3nccc4cc(NC(=O)/C=C/CN(C)C)ccc34)nc(N3CCC4(CC3)OCCO4)nc12. The Balaban J connectivity index is 1.15. The first-order chi connectivity index (χ1) is 23.8. The maximum absolute atomic E-state index is 12.5. The number of hydrogen-bond donors (Lipinski definition) is 2. The zero-order chi connectivity index (χ0) is 34.0. The molecule has 7 rings (SSSR count). The number of nitrogens with one attached hydrogen (secondary N) is 2. The second-order valence-electron chi connectivity index (χ2n) is 13.2. The Labute approximate surface area is 286 Å². The zero-order valence-electron chi connectivity index (χ0n) is 28.5. The van der Waals surface area contributed by atoms with E-state index in [1.165, 1.54) is 0 Å². The first-order valence-electron chi connectivity index (χ1n) is 16.9. The molecule has 12 nitrogen and oxygen atoms in total. The highest BCUT2D eigenvalue weighted by Crippen LogP contribution is 2.34. The third-order valence-corrected chi connectivity index (χ3v) is 9.11. The van der Waals surface area contributed by atoms with Crippen LogP contribution in [0.3, 0.4) is 0 Å². The predicted octanol–water partition coefficient (Wildman–Crippen LogP) is 5.47. The lowest BCUT2D eigenvalue weighted by Gasteiger charge is -2.37. The summed E-state index contributed by atoms with van der Waals surface area (Å²) in [5, 5.41) is 13.2. The average molecular weight is 662 g/mol. The molecule has 12 heteroatoms. The first-order valence-corrected chi connectivity index (χ1v) is 16.9. The normalized spacial score (nSPS) is 16.2. The second kappa shape index (κ2) is 13.9. The number of hydrogen-bond acceptors (Lipinski definition) is 10. The highest BCUT2D eigenvalue weighted by Gasteiger charge is 2.40. The maximum Gasteiger partial charge on any atom is 0.248 e. The van der Waals surface area contributed by atoms with Crippen molar-refractivity contribution in [2.75, 3.05) is 62.5 Å². The van der Waals surface area contributed by atoms with Crippen LogP contribution in [0, 0.1) is 0 Å². The van der Waals surface area contributed by atoms with Crippen LogP contribution >= 0.6 is 0 Å². The summed E-state index contributed by atoms with van der Waals surface area (Å²) in [6.07, 6.45) is 8.65. The van der Waals surface area contributed by atoms with Crippen molar-refractivity contribution < 1.29 is 14.3 Å². The van der Waals surface area contributed by atoms with Gasteiger partial charge >= 0.3 is 0 Å². The Hall–Kier alpha value is -4.91. The number of benzene rings is 2. The number of anilines is 3. The molecule has 2 saturated heterocycles. The summed E-state index contributed by atoms with van der Waals surface area (Å²) in [4.78, 5) is 31.5. The largest absolute Gasteiger partial charge is 0.350 e. The van der Waals surface area contributed by atoms with Crippen molar-refractivity contribution in [2.45, 2.75) is 44.9 Å². The van der Waals surface area contributed by atoms with Gasteiger partial charge in [-0.2, -0.15) is 19.6 Å². The van der Waals surface area contributed by atoms with E-state index in [0.29, 0.717) is 38.2 Å². The third kappa shape index (κ3) is 6.98. The van der Waals surface area contributed by atoms with Crippen molar-refractivity contribution in [3.05, 3.63) is 84.2 Å². The van der Waals surface area contributed by atoms with Crippen molar-refractivity contribution >= 4 is 39.9 Å². The van der Waals surface area contributed by atoms with Crippen molar-refractivity contribution in [3.63, 3.8) is 0 Å². The molecule has 0 saturated carbocycles. The highest BCUT2D eigenvalue weighted by atomic mass is 16.7. The van der Waals surface area contributed by atoms with E-state index < -0.39 is 5.79 Å². The molecular weight excluding hydrogens is 618 g/mol. The number of rotatable bonds is 10. The van der Waals surface area contributed by atoms with Gasteiger partial charge in [-0.1, -0.05) is 50.3 Å². The number of pyridine rings is 1. The minimum absolute atomic E-state index is 0.160. The third-order valence-electron chi connectivity index (χ3n) is 9.11. The van der Waals surface area contributed by atoms with E-state index in [1.807, 2.05) is 73.9 Å². The summed E-state index contributed by atoms with van der Waals surface area (Å²) >= 11 is 0. The summed E-state index contributed by atoms with van der Waals surface area (Å²) < 4.78 is 13.7.